The smallest absolute Gasteiger partial charge is 0.222 e. The largest absolute Gasteiger partial charge is 0.493 e. The molecule has 1 amide bonds. The third kappa shape index (κ3) is 5.44. The van der Waals surface area contributed by atoms with E-state index in [1.807, 2.05) is 30.3 Å². The summed E-state index contributed by atoms with van der Waals surface area (Å²) >= 11 is 0. The minimum Gasteiger partial charge on any atom is -0.493 e. The first-order valence-corrected chi connectivity index (χ1v) is 9.37. The Bertz CT molecular complexity index is 557. The number of nitrogens with one attached hydrogen (secondary N) is 1. The molecule has 1 aromatic carbocycles. The van der Waals surface area contributed by atoms with Crippen molar-refractivity contribution < 1.29 is 14.3 Å². The van der Waals surface area contributed by atoms with E-state index in [0.29, 0.717) is 32.2 Å². The molecule has 1 heterocycles. The van der Waals surface area contributed by atoms with E-state index in [0.717, 1.165) is 31.7 Å². The van der Waals surface area contributed by atoms with E-state index in [4.69, 9.17) is 9.47 Å². The zero-order valence-corrected chi connectivity index (χ0v) is 15.4. The second-order valence-electron chi connectivity index (χ2n) is 7.66. The first kappa shape index (κ1) is 18.2. The Morgan fingerprint density at radius 1 is 1.36 bits per heavy atom. The van der Waals surface area contributed by atoms with Gasteiger partial charge in [-0.1, -0.05) is 18.2 Å². The van der Waals surface area contributed by atoms with Crippen LogP contribution >= 0.6 is 0 Å². The molecule has 1 aliphatic heterocycles. The van der Waals surface area contributed by atoms with Crippen molar-refractivity contribution in [1.29, 1.82) is 0 Å². The predicted octanol–water partition coefficient (Wildman–Crippen LogP) is 2.46. The van der Waals surface area contributed by atoms with Gasteiger partial charge in [0.05, 0.1) is 25.7 Å². The fraction of sp³-hybridized carbons (Fsp3) is 0.650. The molecule has 1 N–H and O–H groups in total. The van der Waals surface area contributed by atoms with E-state index < -0.39 is 0 Å². The molecule has 2 fully saturated rings. The molecule has 3 rings (SSSR count). The predicted molar refractivity (Wildman–Crippen MR) is 97.7 cm³/mol. The van der Waals surface area contributed by atoms with Gasteiger partial charge in [-0.3, -0.25) is 9.69 Å². The number of carbonyl (C=O) groups is 1. The lowest BCUT2D eigenvalue weighted by molar-refractivity contribution is -0.126. The number of rotatable bonds is 8. The molecule has 0 bridgehead atoms. The third-order valence-electron chi connectivity index (χ3n) is 5.22. The van der Waals surface area contributed by atoms with Crippen molar-refractivity contribution in [3.8, 4) is 5.75 Å². The molecule has 0 aromatic heterocycles. The summed E-state index contributed by atoms with van der Waals surface area (Å²) < 4.78 is 11.6. The van der Waals surface area contributed by atoms with E-state index in [9.17, 15) is 4.79 Å². The van der Waals surface area contributed by atoms with Crippen LogP contribution in [0.1, 0.15) is 33.1 Å². The molecular formula is C20H30N2O3. The van der Waals surface area contributed by atoms with Gasteiger partial charge in [-0.15, -0.1) is 0 Å². The highest BCUT2D eigenvalue weighted by Crippen LogP contribution is 2.45. The summed E-state index contributed by atoms with van der Waals surface area (Å²) in [6, 6.07) is 10.4. The van der Waals surface area contributed by atoms with E-state index in [1.54, 1.807) is 0 Å². The number of nitrogens with zero attached hydrogens (tertiary/aromatic N) is 1. The van der Waals surface area contributed by atoms with Crippen molar-refractivity contribution in [2.24, 2.45) is 5.41 Å². The lowest BCUT2D eigenvalue weighted by Gasteiger charge is -2.35. The molecule has 5 heteroatoms. The number of ether oxygens (including phenoxy) is 2. The molecule has 1 saturated heterocycles. The number of hydrogen-bond acceptors (Lipinski definition) is 4. The van der Waals surface area contributed by atoms with E-state index >= 15 is 0 Å². The Morgan fingerprint density at radius 2 is 2.12 bits per heavy atom. The summed E-state index contributed by atoms with van der Waals surface area (Å²) in [5.41, 5.74) is 0.114. The summed E-state index contributed by atoms with van der Waals surface area (Å²) in [4.78, 5) is 14.7. The zero-order chi connectivity index (χ0) is 17.7. The highest BCUT2D eigenvalue weighted by Gasteiger charge is 2.43. The topological polar surface area (TPSA) is 50.8 Å². The van der Waals surface area contributed by atoms with Gasteiger partial charge in [0.25, 0.3) is 0 Å². The quantitative estimate of drug-likeness (QED) is 0.786. The normalized spacial score (nSPS) is 22.6. The fourth-order valence-electron chi connectivity index (χ4n) is 3.20. The molecule has 1 atom stereocenters. The number of benzene rings is 1. The second kappa shape index (κ2) is 8.19. The second-order valence-corrected chi connectivity index (χ2v) is 7.66. The van der Waals surface area contributed by atoms with E-state index in [1.165, 1.54) is 0 Å². The van der Waals surface area contributed by atoms with E-state index in [-0.39, 0.29) is 17.4 Å². The maximum absolute atomic E-state index is 12.3. The van der Waals surface area contributed by atoms with Crippen LogP contribution in [0.15, 0.2) is 30.3 Å². The number of hydrogen-bond donors (Lipinski definition) is 1. The lowest BCUT2D eigenvalue weighted by atomic mass is 10.1. The van der Waals surface area contributed by atoms with Crippen molar-refractivity contribution in [2.75, 3.05) is 32.8 Å². The van der Waals surface area contributed by atoms with Crippen molar-refractivity contribution in [2.45, 2.75) is 45.3 Å². The average molecular weight is 346 g/mol. The van der Waals surface area contributed by atoms with Crippen molar-refractivity contribution in [1.82, 2.24) is 10.2 Å². The van der Waals surface area contributed by atoms with Crippen LogP contribution in [0.4, 0.5) is 0 Å². The molecule has 1 aliphatic carbocycles. The molecule has 138 valence electrons. The number of morpholine rings is 1. The van der Waals surface area contributed by atoms with Gasteiger partial charge in [-0.2, -0.15) is 0 Å². The molecule has 2 aliphatic rings. The summed E-state index contributed by atoms with van der Waals surface area (Å²) in [6.07, 6.45) is 2.67. The molecule has 1 unspecified atom stereocenters. The van der Waals surface area contributed by atoms with Crippen molar-refractivity contribution >= 4 is 5.91 Å². The first-order valence-electron chi connectivity index (χ1n) is 9.37. The van der Waals surface area contributed by atoms with Gasteiger partial charge in [0.15, 0.2) is 0 Å². The van der Waals surface area contributed by atoms with Crippen LogP contribution in [-0.2, 0) is 9.53 Å². The molecule has 1 saturated carbocycles. The van der Waals surface area contributed by atoms with E-state index in [2.05, 4.69) is 24.1 Å². The number of amides is 1. The summed E-state index contributed by atoms with van der Waals surface area (Å²) in [5.74, 6) is 0.978. The third-order valence-corrected chi connectivity index (χ3v) is 5.22. The SMILES string of the molecule is CC(C)N1CCOC(CC(=O)NCC2(COc3ccccc3)CC2)C1. The van der Waals surface area contributed by atoms with Gasteiger partial charge >= 0.3 is 0 Å². The zero-order valence-electron chi connectivity index (χ0n) is 15.4. The first-order chi connectivity index (χ1) is 12.1. The molecule has 5 nitrogen and oxygen atoms in total. The standard InChI is InChI=1S/C20H30N2O3/c1-16(2)22-10-11-24-18(13-22)12-19(23)21-14-20(8-9-20)15-25-17-6-4-3-5-7-17/h3-7,16,18H,8-15H2,1-2H3,(H,21,23). The van der Waals surface area contributed by atoms with Gasteiger partial charge < -0.3 is 14.8 Å². The average Bonchev–Trinajstić information content (AvgIpc) is 3.40. The van der Waals surface area contributed by atoms with Gasteiger partial charge in [-0.05, 0) is 38.8 Å². The fourth-order valence-corrected chi connectivity index (χ4v) is 3.20. The van der Waals surface area contributed by atoms with Crippen LogP contribution in [0, 0.1) is 5.41 Å². The maximum atomic E-state index is 12.3. The van der Waals surface area contributed by atoms with Gasteiger partial charge in [0.1, 0.15) is 5.75 Å². The van der Waals surface area contributed by atoms with Gasteiger partial charge in [-0.25, -0.2) is 0 Å². The molecular weight excluding hydrogens is 316 g/mol. The maximum Gasteiger partial charge on any atom is 0.222 e. The Hall–Kier alpha value is -1.59. The van der Waals surface area contributed by atoms with Crippen molar-refractivity contribution in [3.05, 3.63) is 30.3 Å². The highest BCUT2D eigenvalue weighted by atomic mass is 16.5. The number of para-hydroxylation sites is 1. The summed E-state index contributed by atoms with van der Waals surface area (Å²) in [6.45, 7) is 8.24. The van der Waals surface area contributed by atoms with Gasteiger partial charge in [0, 0.05) is 31.1 Å². The summed E-state index contributed by atoms with van der Waals surface area (Å²) in [5, 5.41) is 3.10. The van der Waals surface area contributed by atoms with Crippen LogP contribution < -0.4 is 10.1 Å². The minimum atomic E-state index is 0.00636. The molecule has 1 aromatic rings. The Balaban J connectivity index is 1.38. The Kier molecular flexibility index (Phi) is 5.97. The molecule has 25 heavy (non-hydrogen) atoms. The lowest BCUT2D eigenvalue weighted by Crippen LogP contribution is -2.47. The van der Waals surface area contributed by atoms with Gasteiger partial charge in [0.2, 0.25) is 5.91 Å². The minimum absolute atomic E-state index is 0.00636. The Morgan fingerprint density at radius 3 is 2.80 bits per heavy atom. The van der Waals surface area contributed by atoms with Crippen molar-refractivity contribution in [3.63, 3.8) is 0 Å². The summed E-state index contributed by atoms with van der Waals surface area (Å²) in [7, 11) is 0. The van der Waals surface area contributed by atoms with Crippen LogP contribution in [0.25, 0.3) is 0 Å². The van der Waals surface area contributed by atoms with Crippen LogP contribution in [0.5, 0.6) is 5.75 Å². The highest BCUT2D eigenvalue weighted by molar-refractivity contribution is 5.76. The van der Waals surface area contributed by atoms with Crippen LogP contribution in [-0.4, -0.2) is 55.8 Å². The monoisotopic (exact) mass is 346 g/mol. The number of carbonyl (C=O) groups excluding carboxylic acids is 1. The van der Waals surface area contributed by atoms with Crippen LogP contribution in [0.3, 0.4) is 0 Å². The Labute approximate surface area is 150 Å². The molecule has 0 spiro atoms. The molecule has 0 radical (unpaired) electrons. The van der Waals surface area contributed by atoms with Crippen LogP contribution in [0.2, 0.25) is 0 Å².